The lowest BCUT2D eigenvalue weighted by Gasteiger charge is -2.00. The number of imidazole rings is 1. The minimum absolute atomic E-state index is 0.582. The van der Waals surface area contributed by atoms with Crippen molar-refractivity contribution < 1.29 is 0 Å². The van der Waals surface area contributed by atoms with Gasteiger partial charge in [-0.2, -0.15) is 0 Å². The lowest BCUT2D eigenvalue weighted by Crippen LogP contribution is -2.02. The van der Waals surface area contributed by atoms with Crippen LogP contribution in [0.2, 0.25) is 0 Å². The third kappa shape index (κ3) is 1.52. The summed E-state index contributed by atoms with van der Waals surface area (Å²) in [6.07, 6.45) is 0. The van der Waals surface area contributed by atoms with Crippen molar-refractivity contribution in [1.82, 2.24) is 15.3 Å². The van der Waals surface area contributed by atoms with Crippen molar-refractivity contribution in [3.05, 3.63) is 41.2 Å². The van der Waals surface area contributed by atoms with Gasteiger partial charge in [0, 0.05) is 25.2 Å². The number of H-pyrrole nitrogens is 1. The van der Waals surface area contributed by atoms with E-state index in [0.29, 0.717) is 6.54 Å². The van der Waals surface area contributed by atoms with Crippen LogP contribution in [0.5, 0.6) is 0 Å². The second-order valence-corrected chi connectivity index (χ2v) is 4.02. The summed E-state index contributed by atoms with van der Waals surface area (Å²) in [5.74, 6) is 0.954. The van der Waals surface area contributed by atoms with Gasteiger partial charge in [0.25, 0.3) is 0 Å². The molecule has 82 valence electrons. The number of hydrogen-bond donors (Lipinski definition) is 3. The zero-order valence-corrected chi connectivity index (χ0v) is 8.96. The average Bonchev–Trinajstić information content (AvgIpc) is 2.89. The van der Waals surface area contributed by atoms with Crippen molar-refractivity contribution in [2.45, 2.75) is 19.6 Å². The summed E-state index contributed by atoms with van der Waals surface area (Å²) in [7, 11) is 0. The average molecular weight is 214 g/mol. The Kier molecular flexibility index (Phi) is 2.23. The predicted molar refractivity (Wildman–Crippen MR) is 62.5 cm³/mol. The molecule has 4 N–H and O–H groups in total. The molecule has 0 aliphatic carbocycles. The van der Waals surface area contributed by atoms with Gasteiger partial charge < -0.3 is 16.0 Å². The van der Waals surface area contributed by atoms with Crippen LogP contribution in [0.1, 0.15) is 17.0 Å². The highest BCUT2D eigenvalue weighted by atomic mass is 15.0. The van der Waals surface area contributed by atoms with Gasteiger partial charge in [-0.3, -0.25) is 0 Å². The normalized spacial score (nSPS) is 14.1. The first kappa shape index (κ1) is 9.57. The molecule has 4 heteroatoms. The number of aromatic nitrogens is 2. The van der Waals surface area contributed by atoms with Crippen molar-refractivity contribution in [2.75, 3.05) is 0 Å². The largest absolute Gasteiger partial charge is 0.341 e. The van der Waals surface area contributed by atoms with Crippen LogP contribution in [0.15, 0.2) is 24.3 Å². The molecule has 1 aliphatic rings. The number of nitrogens with zero attached hydrogens (tertiary/aromatic N) is 1. The Balaban J connectivity index is 1.95. The lowest BCUT2D eigenvalue weighted by atomic mass is 10.1. The van der Waals surface area contributed by atoms with Gasteiger partial charge in [0.05, 0.1) is 11.4 Å². The Hall–Kier alpha value is -1.65. The zero-order chi connectivity index (χ0) is 11.0. The topological polar surface area (TPSA) is 66.7 Å². The standard InChI is InChI=1S/C12H14N4/c13-5-8-1-3-9(4-2-8)12-15-10-6-14-7-11(10)16-12/h1-4,14H,5-7,13H2,(H,15,16). The molecular formula is C12H14N4. The summed E-state index contributed by atoms with van der Waals surface area (Å²) in [6.45, 7) is 2.34. The van der Waals surface area contributed by atoms with Crippen molar-refractivity contribution >= 4 is 0 Å². The summed E-state index contributed by atoms with van der Waals surface area (Å²) in [4.78, 5) is 7.91. The van der Waals surface area contributed by atoms with Crippen LogP contribution < -0.4 is 11.1 Å². The Labute approximate surface area is 93.9 Å². The Morgan fingerprint density at radius 1 is 1.19 bits per heavy atom. The van der Waals surface area contributed by atoms with E-state index in [2.05, 4.69) is 27.4 Å². The van der Waals surface area contributed by atoms with Crippen LogP contribution in [0.4, 0.5) is 0 Å². The van der Waals surface area contributed by atoms with Crippen LogP contribution in [0.25, 0.3) is 11.4 Å². The molecule has 16 heavy (non-hydrogen) atoms. The number of nitrogens with one attached hydrogen (secondary N) is 2. The number of aromatic amines is 1. The number of rotatable bonds is 2. The lowest BCUT2D eigenvalue weighted by molar-refractivity contribution is 0.744. The first-order valence-electron chi connectivity index (χ1n) is 5.44. The fourth-order valence-corrected chi connectivity index (χ4v) is 1.98. The smallest absolute Gasteiger partial charge is 0.137 e. The van der Waals surface area contributed by atoms with Crippen LogP contribution in [0.3, 0.4) is 0 Å². The maximum absolute atomic E-state index is 5.57. The van der Waals surface area contributed by atoms with Crippen molar-refractivity contribution in [1.29, 1.82) is 0 Å². The molecule has 0 amide bonds. The van der Waals surface area contributed by atoms with Crippen LogP contribution >= 0.6 is 0 Å². The van der Waals surface area contributed by atoms with E-state index in [1.165, 1.54) is 5.69 Å². The van der Waals surface area contributed by atoms with Crippen molar-refractivity contribution in [3.63, 3.8) is 0 Å². The number of fused-ring (bicyclic) bond motifs is 1. The maximum Gasteiger partial charge on any atom is 0.137 e. The molecular weight excluding hydrogens is 200 g/mol. The van der Waals surface area contributed by atoms with E-state index in [1.807, 2.05) is 12.1 Å². The molecule has 1 aromatic heterocycles. The summed E-state index contributed by atoms with van der Waals surface area (Å²) in [5, 5.41) is 3.25. The van der Waals surface area contributed by atoms with Gasteiger partial charge in [-0.05, 0) is 5.56 Å². The Morgan fingerprint density at radius 2 is 2.00 bits per heavy atom. The molecule has 1 aliphatic heterocycles. The van der Waals surface area contributed by atoms with Gasteiger partial charge in [0.2, 0.25) is 0 Å². The fraction of sp³-hybridized carbons (Fsp3) is 0.250. The molecule has 0 unspecified atom stereocenters. The highest BCUT2D eigenvalue weighted by Crippen LogP contribution is 2.21. The molecule has 0 saturated carbocycles. The maximum atomic E-state index is 5.57. The van der Waals surface area contributed by atoms with Crippen molar-refractivity contribution in [3.8, 4) is 11.4 Å². The van der Waals surface area contributed by atoms with E-state index < -0.39 is 0 Å². The molecule has 3 rings (SSSR count). The summed E-state index contributed by atoms with van der Waals surface area (Å²) in [5.41, 5.74) is 10.2. The molecule has 0 spiro atoms. The third-order valence-electron chi connectivity index (χ3n) is 2.92. The second kappa shape index (κ2) is 3.73. The van der Waals surface area contributed by atoms with E-state index in [1.54, 1.807) is 0 Å². The second-order valence-electron chi connectivity index (χ2n) is 4.02. The van der Waals surface area contributed by atoms with Gasteiger partial charge in [-0.1, -0.05) is 24.3 Å². The summed E-state index contributed by atoms with van der Waals surface area (Å²) in [6, 6.07) is 8.20. The molecule has 4 nitrogen and oxygen atoms in total. The molecule has 0 radical (unpaired) electrons. The van der Waals surface area contributed by atoms with Gasteiger partial charge in [0.15, 0.2) is 0 Å². The first-order chi connectivity index (χ1) is 7.86. The van der Waals surface area contributed by atoms with Gasteiger partial charge in [0.1, 0.15) is 5.82 Å². The minimum atomic E-state index is 0.582. The monoisotopic (exact) mass is 214 g/mol. The molecule has 2 aromatic rings. The van der Waals surface area contributed by atoms with E-state index in [9.17, 15) is 0 Å². The zero-order valence-electron chi connectivity index (χ0n) is 8.96. The minimum Gasteiger partial charge on any atom is -0.341 e. The highest BCUT2D eigenvalue weighted by Gasteiger charge is 2.15. The molecule has 2 heterocycles. The van der Waals surface area contributed by atoms with Gasteiger partial charge in [-0.15, -0.1) is 0 Å². The summed E-state index contributed by atoms with van der Waals surface area (Å²) >= 11 is 0. The van der Waals surface area contributed by atoms with Crippen LogP contribution in [-0.2, 0) is 19.6 Å². The SMILES string of the molecule is NCc1ccc(-c2nc3c([nH]2)CNC3)cc1. The fourth-order valence-electron chi connectivity index (χ4n) is 1.98. The first-order valence-corrected chi connectivity index (χ1v) is 5.44. The van der Waals surface area contributed by atoms with E-state index in [4.69, 9.17) is 5.73 Å². The molecule has 0 atom stereocenters. The highest BCUT2D eigenvalue weighted by molar-refractivity contribution is 5.56. The molecule has 0 bridgehead atoms. The van der Waals surface area contributed by atoms with Gasteiger partial charge in [-0.25, -0.2) is 4.98 Å². The predicted octanol–water partition coefficient (Wildman–Crippen LogP) is 1.14. The van der Waals surface area contributed by atoms with E-state index >= 15 is 0 Å². The van der Waals surface area contributed by atoms with Crippen molar-refractivity contribution in [2.24, 2.45) is 5.73 Å². The van der Waals surface area contributed by atoms with Crippen LogP contribution in [-0.4, -0.2) is 9.97 Å². The number of nitrogens with two attached hydrogens (primary N) is 1. The quantitative estimate of drug-likeness (QED) is 0.702. The third-order valence-corrected chi connectivity index (χ3v) is 2.92. The van der Waals surface area contributed by atoms with Crippen LogP contribution in [0, 0.1) is 0 Å². The Morgan fingerprint density at radius 3 is 2.69 bits per heavy atom. The number of benzene rings is 1. The van der Waals surface area contributed by atoms with E-state index in [0.717, 1.165) is 35.7 Å². The van der Waals surface area contributed by atoms with E-state index in [-0.39, 0.29) is 0 Å². The Bertz CT molecular complexity index is 477. The molecule has 0 fully saturated rings. The van der Waals surface area contributed by atoms with Gasteiger partial charge >= 0.3 is 0 Å². The molecule has 0 saturated heterocycles. The molecule has 1 aromatic carbocycles. The summed E-state index contributed by atoms with van der Waals surface area (Å²) < 4.78 is 0. The number of hydrogen-bond acceptors (Lipinski definition) is 3.